The van der Waals surface area contributed by atoms with Gasteiger partial charge in [-0.05, 0) is 12.5 Å². The second-order valence-electron chi connectivity index (χ2n) is 6.03. The van der Waals surface area contributed by atoms with E-state index in [1.165, 1.54) is 0 Å². The third kappa shape index (κ3) is 5.02. The molecule has 0 aliphatic rings. The van der Waals surface area contributed by atoms with Crippen LogP contribution in [-0.2, 0) is 11.3 Å². The van der Waals surface area contributed by atoms with Crippen LogP contribution in [0.25, 0.3) is 0 Å². The molecule has 3 nitrogen and oxygen atoms in total. The van der Waals surface area contributed by atoms with Crippen molar-refractivity contribution in [3.8, 4) is 0 Å². The predicted molar refractivity (Wildman–Crippen MR) is 78.9 cm³/mol. The van der Waals surface area contributed by atoms with Crippen molar-refractivity contribution in [2.45, 2.75) is 39.2 Å². The molecule has 0 saturated carbocycles. The lowest BCUT2D eigenvalue weighted by atomic mass is 10.2. The fourth-order valence-corrected chi connectivity index (χ4v) is 3.29. The highest BCUT2D eigenvalue weighted by molar-refractivity contribution is 6.76. The first kappa shape index (κ1) is 14.9. The molecule has 0 spiro atoms. The van der Waals surface area contributed by atoms with Gasteiger partial charge in [0.1, 0.15) is 0 Å². The van der Waals surface area contributed by atoms with Crippen LogP contribution in [0.3, 0.4) is 0 Å². The molecular formula is C14H24N2OSi. The van der Waals surface area contributed by atoms with Gasteiger partial charge in [-0.3, -0.25) is 4.79 Å². The lowest BCUT2D eigenvalue weighted by Gasteiger charge is -2.30. The Kier molecular flexibility index (Phi) is 5.11. The summed E-state index contributed by atoms with van der Waals surface area (Å²) in [6, 6.07) is 9.65. The van der Waals surface area contributed by atoms with Gasteiger partial charge in [0.05, 0.1) is 14.1 Å². The molecule has 100 valence electrons. The van der Waals surface area contributed by atoms with Crippen LogP contribution < -0.4 is 5.73 Å². The standard InChI is InChI=1S/C14H24N2OSi/c1-12(15)14(17)16(11-18(2,3)4)10-13-8-6-5-7-9-13/h5-9,12H,10-11,15H2,1-4H3/t12-/m1/s1. The van der Waals surface area contributed by atoms with Gasteiger partial charge >= 0.3 is 0 Å². The molecule has 0 saturated heterocycles. The van der Waals surface area contributed by atoms with Gasteiger partial charge in [-0.25, -0.2) is 0 Å². The zero-order valence-corrected chi connectivity index (χ0v) is 12.8. The smallest absolute Gasteiger partial charge is 0.239 e. The van der Waals surface area contributed by atoms with E-state index in [2.05, 4.69) is 19.6 Å². The average Bonchev–Trinajstić information content (AvgIpc) is 2.26. The van der Waals surface area contributed by atoms with Crippen LogP contribution in [0.4, 0.5) is 0 Å². The van der Waals surface area contributed by atoms with Crippen LogP contribution >= 0.6 is 0 Å². The fraction of sp³-hybridized carbons (Fsp3) is 0.500. The number of nitrogens with zero attached hydrogens (tertiary/aromatic N) is 1. The van der Waals surface area contributed by atoms with Gasteiger partial charge in [-0.15, -0.1) is 0 Å². The van der Waals surface area contributed by atoms with Crippen molar-refractivity contribution in [1.82, 2.24) is 4.90 Å². The third-order valence-electron chi connectivity index (χ3n) is 2.58. The van der Waals surface area contributed by atoms with E-state index in [9.17, 15) is 4.79 Å². The molecule has 18 heavy (non-hydrogen) atoms. The lowest BCUT2D eigenvalue weighted by Crippen LogP contribution is -2.48. The molecule has 1 aromatic carbocycles. The zero-order chi connectivity index (χ0) is 13.8. The van der Waals surface area contributed by atoms with Crippen molar-refractivity contribution in [3.63, 3.8) is 0 Å². The summed E-state index contributed by atoms with van der Waals surface area (Å²) in [5, 5.41) is 0. The highest BCUT2D eigenvalue weighted by atomic mass is 28.3. The molecule has 0 radical (unpaired) electrons. The Morgan fingerprint density at radius 1 is 1.28 bits per heavy atom. The number of hydrogen-bond acceptors (Lipinski definition) is 2. The van der Waals surface area contributed by atoms with Gasteiger partial charge in [-0.1, -0.05) is 50.0 Å². The molecular weight excluding hydrogens is 240 g/mol. The summed E-state index contributed by atoms with van der Waals surface area (Å²) in [6.45, 7) is 9.20. The number of hydrogen-bond donors (Lipinski definition) is 1. The normalized spacial score (nSPS) is 13.2. The van der Waals surface area contributed by atoms with E-state index < -0.39 is 14.1 Å². The summed E-state index contributed by atoms with van der Waals surface area (Å²) in [5.41, 5.74) is 6.89. The van der Waals surface area contributed by atoms with Gasteiger partial charge in [0, 0.05) is 12.7 Å². The Morgan fingerprint density at radius 3 is 2.28 bits per heavy atom. The van der Waals surface area contributed by atoms with Crippen LogP contribution in [-0.4, -0.2) is 31.1 Å². The molecule has 0 aliphatic heterocycles. The maximum absolute atomic E-state index is 12.1. The maximum Gasteiger partial charge on any atom is 0.239 e. The van der Waals surface area contributed by atoms with Crippen molar-refractivity contribution >= 4 is 14.0 Å². The van der Waals surface area contributed by atoms with Crippen molar-refractivity contribution in [3.05, 3.63) is 35.9 Å². The number of rotatable bonds is 5. The molecule has 0 fully saturated rings. The van der Waals surface area contributed by atoms with Crippen molar-refractivity contribution in [2.24, 2.45) is 5.73 Å². The Balaban J connectivity index is 2.81. The number of carbonyl (C=O) groups is 1. The number of nitrogens with two attached hydrogens (primary N) is 1. The van der Waals surface area contributed by atoms with Crippen molar-refractivity contribution < 1.29 is 4.79 Å². The highest BCUT2D eigenvalue weighted by Crippen LogP contribution is 2.11. The molecule has 4 heteroatoms. The second kappa shape index (κ2) is 6.16. The predicted octanol–water partition coefficient (Wildman–Crippen LogP) is 2.24. The Labute approximate surface area is 111 Å². The summed E-state index contributed by atoms with van der Waals surface area (Å²) in [4.78, 5) is 14.1. The molecule has 1 aromatic rings. The Bertz CT molecular complexity index is 385. The van der Waals surface area contributed by atoms with E-state index in [-0.39, 0.29) is 5.91 Å². The minimum absolute atomic E-state index is 0.0429. The molecule has 1 rings (SSSR count). The van der Waals surface area contributed by atoms with E-state index in [4.69, 9.17) is 5.73 Å². The first-order chi connectivity index (χ1) is 8.29. The van der Waals surface area contributed by atoms with E-state index >= 15 is 0 Å². The number of carbonyl (C=O) groups excluding carboxylic acids is 1. The van der Waals surface area contributed by atoms with Crippen molar-refractivity contribution in [2.75, 3.05) is 6.17 Å². The lowest BCUT2D eigenvalue weighted by molar-refractivity contribution is -0.132. The van der Waals surface area contributed by atoms with E-state index in [1.807, 2.05) is 35.2 Å². The van der Waals surface area contributed by atoms with E-state index in [0.717, 1.165) is 11.7 Å². The summed E-state index contributed by atoms with van der Waals surface area (Å²) >= 11 is 0. The average molecular weight is 264 g/mol. The van der Waals surface area contributed by atoms with Crippen LogP contribution in [0.5, 0.6) is 0 Å². The van der Waals surface area contributed by atoms with Crippen LogP contribution in [0, 0.1) is 0 Å². The molecule has 1 amide bonds. The molecule has 0 aromatic heterocycles. The Morgan fingerprint density at radius 2 is 1.83 bits per heavy atom. The summed E-state index contributed by atoms with van der Waals surface area (Å²) in [5.74, 6) is 0.0429. The minimum Gasteiger partial charge on any atom is -0.340 e. The number of benzene rings is 1. The van der Waals surface area contributed by atoms with Crippen LogP contribution in [0.2, 0.25) is 19.6 Å². The van der Waals surface area contributed by atoms with Gasteiger partial charge in [0.15, 0.2) is 0 Å². The first-order valence-corrected chi connectivity index (χ1v) is 10.1. The SMILES string of the molecule is C[C@@H](N)C(=O)N(Cc1ccccc1)C[Si](C)(C)C. The summed E-state index contributed by atoms with van der Waals surface area (Å²) < 4.78 is 0. The quantitative estimate of drug-likeness (QED) is 0.829. The number of amides is 1. The topological polar surface area (TPSA) is 46.3 Å². The second-order valence-corrected chi connectivity index (χ2v) is 11.5. The highest BCUT2D eigenvalue weighted by Gasteiger charge is 2.24. The molecule has 2 N–H and O–H groups in total. The Hall–Kier alpha value is -1.13. The fourth-order valence-electron chi connectivity index (χ4n) is 1.88. The largest absolute Gasteiger partial charge is 0.340 e. The van der Waals surface area contributed by atoms with Gasteiger partial charge < -0.3 is 10.6 Å². The molecule has 1 atom stereocenters. The monoisotopic (exact) mass is 264 g/mol. The first-order valence-electron chi connectivity index (χ1n) is 6.38. The molecule has 0 aliphatic carbocycles. The minimum atomic E-state index is -1.33. The molecule has 0 heterocycles. The summed E-state index contributed by atoms with van der Waals surface area (Å²) in [7, 11) is -1.33. The van der Waals surface area contributed by atoms with E-state index in [0.29, 0.717) is 6.54 Å². The van der Waals surface area contributed by atoms with Crippen LogP contribution in [0.15, 0.2) is 30.3 Å². The van der Waals surface area contributed by atoms with Gasteiger partial charge in [0.2, 0.25) is 5.91 Å². The van der Waals surface area contributed by atoms with Gasteiger partial charge in [0.25, 0.3) is 0 Å². The summed E-state index contributed by atoms with van der Waals surface area (Å²) in [6.07, 6.45) is 0.849. The van der Waals surface area contributed by atoms with Crippen LogP contribution in [0.1, 0.15) is 12.5 Å². The van der Waals surface area contributed by atoms with Crippen molar-refractivity contribution in [1.29, 1.82) is 0 Å². The molecule has 0 unspecified atom stereocenters. The van der Waals surface area contributed by atoms with E-state index in [1.54, 1.807) is 6.92 Å². The molecule has 0 bridgehead atoms. The third-order valence-corrected chi connectivity index (χ3v) is 3.91. The zero-order valence-electron chi connectivity index (χ0n) is 11.8. The maximum atomic E-state index is 12.1. The van der Waals surface area contributed by atoms with Gasteiger partial charge in [-0.2, -0.15) is 0 Å².